The summed E-state index contributed by atoms with van der Waals surface area (Å²) in [5, 5.41) is 0. The van der Waals surface area contributed by atoms with E-state index in [9.17, 15) is 4.79 Å². The number of hydrogen-bond acceptors (Lipinski definition) is 4. The van der Waals surface area contributed by atoms with Gasteiger partial charge in [0.05, 0.1) is 29.3 Å². The predicted molar refractivity (Wildman–Crippen MR) is 99.1 cm³/mol. The molecule has 3 saturated heterocycles. The lowest BCUT2D eigenvalue weighted by atomic mass is 9.73. The summed E-state index contributed by atoms with van der Waals surface area (Å²) < 4.78 is 6.45. The summed E-state index contributed by atoms with van der Waals surface area (Å²) in [4.78, 5) is 25.1. The second-order valence-electron chi connectivity index (χ2n) is 8.53. The van der Waals surface area contributed by atoms with E-state index in [1.807, 2.05) is 30.0 Å². The van der Waals surface area contributed by atoms with E-state index in [1.54, 1.807) is 0 Å². The Balaban J connectivity index is 1.40. The van der Waals surface area contributed by atoms with Gasteiger partial charge in [-0.15, -0.1) is 0 Å². The summed E-state index contributed by atoms with van der Waals surface area (Å²) in [7, 11) is 4.25. The number of benzene rings is 1. The monoisotopic (exact) mass is 354 g/mol. The summed E-state index contributed by atoms with van der Waals surface area (Å²) in [6, 6.07) is 5.75. The Morgan fingerprint density at radius 2 is 2.31 bits per heavy atom. The molecule has 5 rings (SSSR count). The molecule has 0 radical (unpaired) electrons. The van der Waals surface area contributed by atoms with E-state index in [1.165, 1.54) is 0 Å². The van der Waals surface area contributed by atoms with E-state index in [2.05, 4.69) is 29.0 Å². The van der Waals surface area contributed by atoms with Crippen molar-refractivity contribution in [3.05, 3.63) is 29.6 Å². The molecular weight excluding hydrogens is 328 g/mol. The van der Waals surface area contributed by atoms with Crippen LogP contribution in [0.1, 0.15) is 29.0 Å². The molecule has 0 aliphatic carbocycles. The molecule has 1 N–H and O–H groups in total. The summed E-state index contributed by atoms with van der Waals surface area (Å²) in [5.74, 6) is 1.98. The second kappa shape index (κ2) is 5.54. The first-order valence-electron chi connectivity index (χ1n) is 9.53. The molecule has 6 nitrogen and oxygen atoms in total. The molecule has 1 aromatic carbocycles. The van der Waals surface area contributed by atoms with Crippen molar-refractivity contribution >= 4 is 16.9 Å². The van der Waals surface area contributed by atoms with Crippen molar-refractivity contribution in [2.24, 2.45) is 11.8 Å². The molecule has 1 aromatic heterocycles. The number of nitrogens with one attached hydrogen (secondary N) is 1. The van der Waals surface area contributed by atoms with E-state index in [-0.39, 0.29) is 11.5 Å². The van der Waals surface area contributed by atoms with Gasteiger partial charge < -0.3 is 19.5 Å². The lowest BCUT2D eigenvalue weighted by Gasteiger charge is -2.30. The van der Waals surface area contributed by atoms with Gasteiger partial charge in [0, 0.05) is 30.5 Å². The van der Waals surface area contributed by atoms with Crippen LogP contribution in [0, 0.1) is 18.8 Å². The number of rotatable bonds is 3. The molecule has 3 aliphatic heterocycles. The van der Waals surface area contributed by atoms with Crippen LogP contribution in [0.3, 0.4) is 0 Å². The Hall–Kier alpha value is -1.92. The molecule has 2 bridgehead atoms. The highest BCUT2D eigenvalue weighted by atomic mass is 16.5. The molecule has 3 fully saturated rings. The van der Waals surface area contributed by atoms with Crippen LogP contribution in [0.25, 0.3) is 11.0 Å². The third-order valence-electron chi connectivity index (χ3n) is 6.49. The van der Waals surface area contributed by atoms with Gasteiger partial charge in [-0.1, -0.05) is 0 Å². The zero-order chi connectivity index (χ0) is 18.1. The Kier molecular flexibility index (Phi) is 3.46. The minimum atomic E-state index is -0.102. The number of hydrogen-bond donors (Lipinski definition) is 1. The highest BCUT2D eigenvalue weighted by molar-refractivity contribution is 5.97. The Morgan fingerprint density at radius 1 is 1.46 bits per heavy atom. The summed E-state index contributed by atoms with van der Waals surface area (Å²) in [6.45, 7) is 4.52. The molecule has 4 atom stereocenters. The first-order chi connectivity index (χ1) is 12.4. The molecule has 6 heteroatoms. The van der Waals surface area contributed by atoms with Gasteiger partial charge in [0.15, 0.2) is 0 Å². The topological polar surface area (TPSA) is 61.5 Å². The first kappa shape index (κ1) is 16.3. The third kappa shape index (κ3) is 2.32. The molecule has 2 aromatic rings. The quantitative estimate of drug-likeness (QED) is 0.916. The molecule has 3 aliphatic rings. The van der Waals surface area contributed by atoms with Crippen molar-refractivity contribution in [3.8, 4) is 0 Å². The molecule has 1 spiro atoms. The number of ether oxygens (including phenoxy) is 1. The first-order valence-corrected chi connectivity index (χ1v) is 9.53. The van der Waals surface area contributed by atoms with Crippen LogP contribution >= 0.6 is 0 Å². The van der Waals surface area contributed by atoms with Gasteiger partial charge >= 0.3 is 0 Å². The van der Waals surface area contributed by atoms with Gasteiger partial charge in [-0.2, -0.15) is 0 Å². The van der Waals surface area contributed by atoms with Gasteiger partial charge in [-0.3, -0.25) is 4.79 Å². The van der Waals surface area contributed by atoms with Gasteiger partial charge in [0.2, 0.25) is 0 Å². The van der Waals surface area contributed by atoms with E-state index < -0.39 is 0 Å². The number of nitrogens with zero attached hydrogens (tertiary/aromatic N) is 3. The van der Waals surface area contributed by atoms with E-state index in [0.29, 0.717) is 17.9 Å². The number of likely N-dealkylation sites (tertiary alicyclic amines) is 1. The lowest BCUT2D eigenvalue weighted by Crippen LogP contribution is -2.40. The number of amides is 1. The molecule has 1 amide bonds. The Morgan fingerprint density at radius 3 is 3.12 bits per heavy atom. The zero-order valence-electron chi connectivity index (χ0n) is 15.7. The third-order valence-corrected chi connectivity index (χ3v) is 6.49. The smallest absolute Gasteiger partial charge is 0.254 e. The van der Waals surface area contributed by atoms with Crippen LogP contribution in [-0.4, -0.2) is 71.1 Å². The fourth-order valence-corrected chi connectivity index (χ4v) is 5.46. The maximum absolute atomic E-state index is 13.2. The molecule has 0 unspecified atom stereocenters. The van der Waals surface area contributed by atoms with Crippen LogP contribution in [0.15, 0.2) is 18.2 Å². The van der Waals surface area contributed by atoms with Crippen molar-refractivity contribution in [2.75, 3.05) is 33.7 Å². The Bertz CT molecular complexity index is 876. The number of aromatic amines is 1. The number of aryl methyl sites for hydroxylation is 1. The van der Waals surface area contributed by atoms with Crippen LogP contribution in [0.2, 0.25) is 0 Å². The van der Waals surface area contributed by atoms with Gasteiger partial charge in [-0.25, -0.2) is 4.98 Å². The average Bonchev–Trinajstić information content (AvgIpc) is 3.32. The lowest BCUT2D eigenvalue weighted by molar-refractivity contribution is 0.00256. The van der Waals surface area contributed by atoms with E-state index in [0.717, 1.165) is 54.9 Å². The number of aromatic nitrogens is 2. The van der Waals surface area contributed by atoms with E-state index in [4.69, 9.17) is 4.74 Å². The fourth-order valence-electron chi connectivity index (χ4n) is 5.46. The Labute approximate surface area is 153 Å². The van der Waals surface area contributed by atoms with Crippen molar-refractivity contribution in [1.29, 1.82) is 0 Å². The molecule has 0 saturated carbocycles. The van der Waals surface area contributed by atoms with Crippen LogP contribution in [0.4, 0.5) is 0 Å². The van der Waals surface area contributed by atoms with E-state index >= 15 is 0 Å². The SMILES string of the molecule is Cc1nc2ccc(C(=O)N3C[C@H]4[C@@H](CN(C)C)[C@@H]5CC[C@@]4(C3)O5)cc2[nH]1. The largest absolute Gasteiger partial charge is 0.369 e. The highest BCUT2D eigenvalue weighted by Gasteiger charge is 2.63. The number of carbonyl (C=O) groups is 1. The van der Waals surface area contributed by atoms with Crippen molar-refractivity contribution in [1.82, 2.24) is 19.8 Å². The van der Waals surface area contributed by atoms with Crippen LogP contribution < -0.4 is 0 Å². The van der Waals surface area contributed by atoms with Crippen LogP contribution in [0.5, 0.6) is 0 Å². The zero-order valence-corrected chi connectivity index (χ0v) is 15.7. The second-order valence-corrected chi connectivity index (χ2v) is 8.53. The molecule has 138 valence electrons. The van der Waals surface area contributed by atoms with Gasteiger partial charge in [0.25, 0.3) is 5.91 Å². The van der Waals surface area contributed by atoms with Gasteiger partial charge in [0.1, 0.15) is 5.82 Å². The van der Waals surface area contributed by atoms with Crippen LogP contribution in [-0.2, 0) is 4.74 Å². The number of imidazole rings is 1. The maximum Gasteiger partial charge on any atom is 0.254 e. The van der Waals surface area contributed by atoms with Crippen molar-refractivity contribution in [3.63, 3.8) is 0 Å². The number of H-pyrrole nitrogens is 1. The van der Waals surface area contributed by atoms with Gasteiger partial charge in [-0.05, 0) is 52.1 Å². The summed E-state index contributed by atoms with van der Waals surface area (Å²) >= 11 is 0. The van der Waals surface area contributed by atoms with Crippen molar-refractivity contribution in [2.45, 2.75) is 31.5 Å². The minimum absolute atomic E-state index is 0.102. The fraction of sp³-hybridized carbons (Fsp3) is 0.600. The highest BCUT2D eigenvalue weighted by Crippen LogP contribution is 2.55. The molecule has 4 heterocycles. The van der Waals surface area contributed by atoms with Crippen molar-refractivity contribution < 1.29 is 9.53 Å². The number of carbonyl (C=O) groups excluding carboxylic acids is 1. The maximum atomic E-state index is 13.2. The predicted octanol–water partition coefficient (Wildman–Crippen LogP) is 2.05. The normalized spacial score (nSPS) is 32.8. The average molecular weight is 354 g/mol. The number of fused-ring (bicyclic) bond motifs is 2. The minimum Gasteiger partial charge on any atom is -0.369 e. The summed E-state index contributed by atoms with van der Waals surface area (Å²) in [5.41, 5.74) is 2.46. The molecule has 26 heavy (non-hydrogen) atoms. The summed E-state index contributed by atoms with van der Waals surface area (Å²) in [6.07, 6.45) is 2.61. The molecular formula is C20H26N4O2. The standard InChI is InChI=1S/C20H26N4O2/c1-12-21-16-5-4-13(8-17(16)22-12)19(25)24-10-15-14(9-23(2)3)18-6-7-20(15,11-24)26-18/h4-5,8,14-15,18H,6-7,9-11H2,1-3H3,(H,21,22)/t14-,15+,18+,20+/m1/s1.